The molecule has 0 bridgehead atoms. The highest BCUT2D eigenvalue weighted by molar-refractivity contribution is 7.98. The van der Waals surface area contributed by atoms with E-state index >= 15 is 0 Å². The summed E-state index contributed by atoms with van der Waals surface area (Å²) >= 11 is 1.59. The van der Waals surface area contributed by atoms with Gasteiger partial charge in [0.1, 0.15) is 12.6 Å². The van der Waals surface area contributed by atoms with Crippen LogP contribution in [-0.2, 0) is 16.1 Å². The molecular weight excluding hydrogens is 408 g/mol. The van der Waals surface area contributed by atoms with Crippen molar-refractivity contribution >= 4 is 34.5 Å². The second-order valence-corrected chi connectivity index (χ2v) is 7.95. The fourth-order valence-electron chi connectivity index (χ4n) is 2.88. The lowest BCUT2D eigenvalue weighted by Gasteiger charge is -2.20. The van der Waals surface area contributed by atoms with Gasteiger partial charge in [-0.05, 0) is 38.3 Å². The molecule has 10 heteroatoms. The Morgan fingerprint density at radius 1 is 1.17 bits per heavy atom. The van der Waals surface area contributed by atoms with E-state index in [0.717, 1.165) is 5.75 Å². The van der Waals surface area contributed by atoms with Gasteiger partial charge >= 0.3 is 0 Å². The third-order valence-electron chi connectivity index (χ3n) is 4.34. The molecule has 0 radical (unpaired) electrons. The van der Waals surface area contributed by atoms with Crippen molar-refractivity contribution in [2.24, 2.45) is 0 Å². The predicted molar refractivity (Wildman–Crippen MR) is 117 cm³/mol. The molecule has 1 aromatic carbocycles. The minimum absolute atomic E-state index is 0.0366. The molecule has 0 aliphatic rings. The smallest absolute Gasteiger partial charge is 0.261 e. The van der Waals surface area contributed by atoms with Crippen LogP contribution in [0.15, 0.2) is 23.3 Å². The summed E-state index contributed by atoms with van der Waals surface area (Å²) in [5, 5.41) is 5.84. The Labute approximate surface area is 179 Å². The van der Waals surface area contributed by atoms with Crippen molar-refractivity contribution in [3.63, 3.8) is 0 Å². The molecule has 1 aromatic heterocycles. The first-order valence-corrected chi connectivity index (χ1v) is 10.9. The van der Waals surface area contributed by atoms with Crippen LogP contribution in [0.3, 0.4) is 0 Å². The molecule has 9 nitrogen and oxygen atoms in total. The van der Waals surface area contributed by atoms with Crippen LogP contribution in [0.4, 0.5) is 0 Å². The van der Waals surface area contributed by atoms with E-state index in [9.17, 15) is 14.4 Å². The van der Waals surface area contributed by atoms with Crippen molar-refractivity contribution in [3.05, 3.63) is 28.8 Å². The van der Waals surface area contributed by atoms with Crippen LogP contribution in [0, 0.1) is 0 Å². The second-order valence-electron chi connectivity index (χ2n) is 6.97. The Morgan fingerprint density at radius 3 is 2.43 bits per heavy atom. The molecule has 0 spiro atoms. The number of amides is 2. The molecule has 0 saturated carbocycles. The summed E-state index contributed by atoms with van der Waals surface area (Å²) in [6.45, 7) is 3.46. The molecule has 30 heavy (non-hydrogen) atoms. The molecule has 0 aliphatic heterocycles. The van der Waals surface area contributed by atoms with Gasteiger partial charge in [0.15, 0.2) is 11.5 Å². The molecule has 2 rings (SSSR count). The number of thioether (sulfide) groups is 1. The van der Waals surface area contributed by atoms with Crippen LogP contribution in [0.2, 0.25) is 0 Å². The van der Waals surface area contributed by atoms with Gasteiger partial charge in [0.25, 0.3) is 5.56 Å². The van der Waals surface area contributed by atoms with E-state index in [1.54, 1.807) is 17.8 Å². The highest BCUT2D eigenvalue weighted by Crippen LogP contribution is 2.29. The van der Waals surface area contributed by atoms with Crippen LogP contribution in [-0.4, -0.2) is 59.7 Å². The molecule has 2 aromatic rings. The number of aromatic nitrogens is 2. The lowest BCUT2D eigenvalue weighted by Crippen LogP contribution is -2.50. The molecule has 164 valence electrons. The topological polar surface area (TPSA) is 112 Å². The van der Waals surface area contributed by atoms with Crippen molar-refractivity contribution in [3.8, 4) is 11.5 Å². The molecule has 0 aliphatic carbocycles. The summed E-state index contributed by atoms with van der Waals surface area (Å²) in [6.07, 6.45) is 3.73. The van der Waals surface area contributed by atoms with Crippen LogP contribution in [0.1, 0.15) is 20.3 Å². The third-order valence-corrected chi connectivity index (χ3v) is 4.98. The number of nitrogens with zero attached hydrogens (tertiary/aromatic N) is 2. The molecule has 1 atom stereocenters. The highest BCUT2D eigenvalue weighted by Gasteiger charge is 2.21. The van der Waals surface area contributed by atoms with Crippen molar-refractivity contribution in [1.82, 2.24) is 20.2 Å². The van der Waals surface area contributed by atoms with Gasteiger partial charge in [-0.25, -0.2) is 4.98 Å². The maximum Gasteiger partial charge on any atom is 0.261 e. The molecule has 2 amide bonds. The highest BCUT2D eigenvalue weighted by atomic mass is 32.2. The van der Waals surface area contributed by atoms with E-state index in [4.69, 9.17) is 9.47 Å². The van der Waals surface area contributed by atoms with Crippen LogP contribution >= 0.6 is 11.8 Å². The number of ether oxygens (including phenoxy) is 2. The Kier molecular flexibility index (Phi) is 8.52. The summed E-state index contributed by atoms with van der Waals surface area (Å²) in [5.41, 5.74) is 0.0480. The Bertz CT molecular complexity index is 960. The second kappa shape index (κ2) is 10.9. The van der Waals surface area contributed by atoms with Gasteiger partial charge in [-0.1, -0.05) is 0 Å². The zero-order valence-electron chi connectivity index (χ0n) is 17.9. The largest absolute Gasteiger partial charge is 0.493 e. The van der Waals surface area contributed by atoms with Gasteiger partial charge in [-0.3, -0.25) is 19.0 Å². The van der Waals surface area contributed by atoms with E-state index in [2.05, 4.69) is 15.6 Å². The van der Waals surface area contributed by atoms with Gasteiger partial charge in [0.2, 0.25) is 11.8 Å². The quantitative estimate of drug-likeness (QED) is 0.575. The van der Waals surface area contributed by atoms with E-state index < -0.39 is 11.9 Å². The van der Waals surface area contributed by atoms with Crippen molar-refractivity contribution in [2.75, 3.05) is 26.2 Å². The fraction of sp³-hybridized carbons (Fsp3) is 0.500. The molecule has 0 saturated heterocycles. The first-order valence-electron chi connectivity index (χ1n) is 9.50. The van der Waals surface area contributed by atoms with Gasteiger partial charge < -0.3 is 20.1 Å². The van der Waals surface area contributed by atoms with Crippen LogP contribution in [0.5, 0.6) is 11.5 Å². The first-order chi connectivity index (χ1) is 14.3. The SMILES string of the molecule is COc1cc2ncn(CC(=O)NC(CCSC)C(=O)NC(C)C)c(=O)c2cc1OC. The average Bonchev–Trinajstić information content (AvgIpc) is 2.71. The van der Waals surface area contributed by atoms with Gasteiger partial charge in [-0.15, -0.1) is 0 Å². The van der Waals surface area contributed by atoms with Crippen LogP contribution < -0.4 is 25.7 Å². The predicted octanol–water partition coefficient (Wildman–Crippen LogP) is 1.18. The number of carbonyl (C=O) groups excluding carboxylic acids is 2. The Morgan fingerprint density at radius 2 is 1.83 bits per heavy atom. The van der Waals surface area contributed by atoms with E-state index in [1.807, 2.05) is 20.1 Å². The van der Waals surface area contributed by atoms with Gasteiger partial charge in [0.05, 0.1) is 31.4 Å². The summed E-state index contributed by atoms with van der Waals surface area (Å²) in [7, 11) is 2.97. The monoisotopic (exact) mass is 436 g/mol. The van der Waals surface area contributed by atoms with Crippen molar-refractivity contribution < 1.29 is 19.1 Å². The Balaban J connectivity index is 2.23. The zero-order valence-corrected chi connectivity index (χ0v) is 18.7. The number of hydrogen-bond acceptors (Lipinski definition) is 7. The minimum Gasteiger partial charge on any atom is -0.493 e. The molecular formula is C20H28N4O5S. The van der Waals surface area contributed by atoms with Crippen LogP contribution in [0.25, 0.3) is 10.9 Å². The number of benzene rings is 1. The number of carbonyl (C=O) groups is 2. The van der Waals surface area contributed by atoms with E-state index in [-0.39, 0.29) is 24.1 Å². The van der Waals surface area contributed by atoms with Gasteiger partial charge in [0, 0.05) is 12.1 Å². The standard InChI is InChI=1S/C20H28N4O5S/c1-12(2)22-19(26)14(6-7-30-5)23-18(25)10-24-11-21-15-9-17(29-4)16(28-3)8-13(15)20(24)27/h8-9,11-12,14H,6-7,10H2,1-5H3,(H,22,26)(H,23,25). The number of fused-ring (bicyclic) bond motifs is 1. The third kappa shape index (κ3) is 5.88. The summed E-state index contributed by atoms with van der Waals surface area (Å²) in [5.74, 6) is 0.890. The molecule has 1 heterocycles. The number of hydrogen-bond donors (Lipinski definition) is 2. The lowest BCUT2D eigenvalue weighted by molar-refractivity contribution is -0.129. The van der Waals surface area contributed by atoms with Gasteiger partial charge in [-0.2, -0.15) is 11.8 Å². The minimum atomic E-state index is -0.666. The van der Waals surface area contributed by atoms with E-state index in [0.29, 0.717) is 28.8 Å². The Hall–Kier alpha value is -2.75. The summed E-state index contributed by atoms with van der Waals surface area (Å²) in [6, 6.07) is 2.44. The maximum absolute atomic E-state index is 12.8. The lowest BCUT2D eigenvalue weighted by atomic mass is 10.2. The molecule has 0 fully saturated rings. The number of nitrogens with one attached hydrogen (secondary N) is 2. The summed E-state index contributed by atoms with van der Waals surface area (Å²) < 4.78 is 11.7. The first kappa shape index (κ1) is 23.5. The number of methoxy groups -OCH3 is 2. The number of rotatable bonds is 10. The van der Waals surface area contributed by atoms with Crippen molar-refractivity contribution in [2.45, 2.75) is 38.9 Å². The normalized spacial score (nSPS) is 11.9. The fourth-order valence-corrected chi connectivity index (χ4v) is 3.35. The molecule has 2 N–H and O–H groups in total. The zero-order chi connectivity index (χ0) is 22.3. The maximum atomic E-state index is 12.8. The summed E-state index contributed by atoms with van der Waals surface area (Å²) in [4.78, 5) is 42.0. The van der Waals surface area contributed by atoms with Crippen molar-refractivity contribution in [1.29, 1.82) is 0 Å². The molecule has 1 unspecified atom stereocenters. The van der Waals surface area contributed by atoms with E-state index in [1.165, 1.54) is 31.2 Å². The average molecular weight is 437 g/mol.